The maximum Gasteiger partial charge on any atom is 0.315 e. The van der Waals surface area contributed by atoms with Gasteiger partial charge in [-0.15, -0.1) is 0 Å². The summed E-state index contributed by atoms with van der Waals surface area (Å²) in [5.41, 5.74) is 1.42. The number of rotatable bonds is 2. The minimum absolute atomic E-state index is 0.0358. The topological polar surface area (TPSA) is 69.2 Å². The fourth-order valence-corrected chi connectivity index (χ4v) is 1.94. The summed E-state index contributed by atoms with van der Waals surface area (Å²) in [5.74, 6) is 0.263. The van der Waals surface area contributed by atoms with Gasteiger partial charge in [0.15, 0.2) is 0 Å². The van der Waals surface area contributed by atoms with Crippen molar-refractivity contribution in [1.29, 1.82) is 0 Å². The van der Waals surface area contributed by atoms with E-state index in [2.05, 4.69) is 4.98 Å². The van der Waals surface area contributed by atoms with E-state index in [-0.39, 0.29) is 11.4 Å². The second-order valence-corrected chi connectivity index (χ2v) is 3.77. The third kappa shape index (κ3) is 1.53. The van der Waals surface area contributed by atoms with E-state index in [1.54, 1.807) is 12.3 Å². The van der Waals surface area contributed by atoms with Gasteiger partial charge in [-0.25, -0.2) is 0 Å². The first-order chi connectivity index (χ1) is 8.77. The summed E-state index contributed by atoms with van der Waals surface area (Å²) in [6, 6.07) is 10.5. The van der Waals surface area contributed by atoms with Crippen molar-refractivity contribution in [3.63, 3.8) is 0 Å². The molecular formula is C13H8N2O3. The molecule has 0 aliphatic heterocycles. The first-order valence-corrected chi connectivity index (χ1v) is 5.33. The standard InChI is InChI=1S/C13H8N2O3/c16-15(17)12-6-8-18-13(12)10-5-7-14-11-4-2-1-3-9(10)11/h1-8H. The number of hydrogen-bond donors (Lipinski definition) is 0. The zero-order valence-corrected chi connectivity index (χ0v) is 9.24. The van der Waals surface area contributed by atoms with Crippen LogP contribution in [0, 0.1) is 10.1 Å². The lowest BCUT2D eigenvalue weighted by atomic mass is 10.1. The summed E-state index contributed by atoms with van der Waals surface area (Å²) in [7, 11) is 0. The van der Waals surface area contributed by atoms with E-state index >= 15 is 0 Å². The Hall–Kier alpha value is -2.69. The fourth-order valence-electron chi connectivity index (χ4n) is 1.94. The molecule has 0 N–H and O–H groups in total. The molecule has 2 heterocycles. The van der Waals surface area contributed by atoms with Crippen LogP contribution < -0.4 is 0 Å². The van der Waals surface area contributed by atoms with Gasteiger partial charge in [0.1, 0.15) is 0 Å². The third-order valence-electron chi connectivity index (χ3n) is 2.73. The van der Waals surface area contributed by atoms with Crippen molar-refractivity contribution in [2.24, 2.45) is 0 Å². The highest BCUT2D eigenvalue weighted by atomic mass is 16.6. The van der Waals surface area contributed by atoms with E-state index in [9.17, 15) is 10.1 Å². The lowest BCUT2D eigenvalue weighted by Gasteiger charge is -2.02. The first-order valence-electron chi connectivity index (χ1n) is 5.33. The molecule has 18 heavy (non-hydrogen) atoms. The lowest BCUT2D eigenvalue weighted by Crippen LogP contribution is -1.89. The third-order valence-corrected chi connectivity index (χ3v) is 2.73. The van der Waals surface area contributed by atoms with Gasteiger partial charge in [0.05, 0.1) is 22.8 Å². The second-order valence-electron chi connectivity index (χ2n) is 3.77. The Morgan fingerprint density at radius 3 is 2.83 bits per heavy atom. The number of benzene rings is 1. The van der Waals surface area contributed by atoms with Gasteiger partial charge in [-0.2, -0.15) is 0 Å². The Bertz CT molecular complexity index is 728. The van der Waals surface area contributed by atoms with Gasteiger partial charge in [0.25, 0.3) is 0 Å². The number of aromatic nitrogens is 1. The van der Waals surface area contributed by atoms with E-state index < -0.39 is 4.92 Å². The largest absolute Gasteiger partial charge is 0.457 e. The van der Waals surface area contributed by atoms with Crippen molar-refractivity contribution in [2.45, 2.75) is 0 Å². The molecule has 0 amide bonds. The maximum atomic E-state index is 10.9. The van der Waals surface area contributed by atoms with Crippen LogP contribution in [0.5, 0.6) is 0 Å². The van der Waals surface area contributed by atoms with Crippen molar-refractivity contribution >= 4 is 16.6 Å². The van der Waals surface area contributed by atoms with Crippen molar-refractivity contribution in [3.05, 3.63) is 59.0 Å². The number of pyridine rings is 1. The van der Waals surface area contributed by atoms with E-state index in [0.717, 1.165) is 10.9 Å². The maximum absolute atomic E-state index is 10.9. The molecule has 0 bridgehead atoms. The molecule has 88 valence electrons. The predicted molar refractivity (Wildman–Crippen MR) is 66.1 cm³/mol. The molecule has 0 saturated heterocycles. The molecule has 5 nitrogen and oxygen atoms in total. The second kappa shape index (κ2) is 3.96. The van der Waals surface area contributed by atoms with Crippen molar-refractivity contribution in [3.8, 4) is 11.3 Å². The van der Waals surface area contributed by atoms with Crippen LogP contribution >= 0.6 is 0 Å². The number of nitrogens with zero attached hydrogens (tertiary/aromatic N) is 2. The van der Waals surface area contributed by atoms with Crippen LogP contribution in [0.2, 0.25) is 0 Å². The summed E-state index contributed by atoms with van der Waals surface area (Å²) in [5, 5.41) is 11.8. The molecule has 0 saturated carbocycles. The Morgan fingerprint density at radius 2 is 2.00 bits per heavy atom. The van der Waals surface area contributed by atoms with Crippen LogP contribution in [0.1, 0.15) is 0 Å². The summed E-state index contributed by atoms with van der Waals surface area (Å²) >= 11 is 0. The Labute approximate surface area is 102 Å². The van der Waals surface area contributed by atoms with Crippen molar-refractivity contribution in [1.82, 2.24) is 4.98 Å². The summed E-state index contributed by atoms with van der Waals surface area (Å²) < 4.78 is 5.25. The normalized spacial score (nSPS) is 10.7. The van der Waals surface area contributed by atoms with Crippen LogP contribution in [0.4, 0.5) is 5.69 Å². The van der Waals surface area contributed by atoms with Gasteiger partial charge in [-0.1, -0.05) is 18.2 Å². The molecule has 3 rings (SSSR count). The van der Waals surface area contributed by atoms with Crippen LogP contribution in [0.15, 0.2) is 53.3 Å². The highest BCUT2D eigenvalue weighted by molar-refractivity contribution is 5.94. The number of nitro groups is 1. The Kier molecular flexibility index (Phi) is 2.30. The molecule has 3 aromatic rings. The van der Waals surface area contributed by atoms with Crippen molar-refractivity contribution < 1.29 is 9.34 Å². The minimum Gasteiger partial charge on any atom is -0.457 e. The summed E-state index contributed by atoms with van der Waals surface area (Å²) in [6.45, 7) is 0. The van der Waals surface area contributed by atoms with Crippen LogP contribution in [0.3, 0.4) is 0 Å². The monoisotopic (exact) mass is 240 g/mol. The SMILES string of the molecule is O=[N+]([O-])c1ccoc1-c1ccnc2ccccc12. The van der Waals surface area contributed by atoms with Gasteiger partial charge < -0.3 is 4.42 Å². The van der Waals surface area contributed by atoms with Gasteiger partial charge in [-0.05, 0) is 12.1 Å². The Balaban J connectivity index is 2.32. The molecule has 0 atom stereocenters. The van der Waals surface area contributed by atoms with E-state index in [0.29, 0.717) is 5.56 Å². The number of para-hydroxylation sites is 1. The number of furan rings is 1. The molecule has 0 unspecified atom stereocenters. The lowest BCUT2D eigenvalue weighted by molar-refractivity contribution is -0.384. The van der Waals surface area contributed by atoms with Gasteiger partial charge in [0, 0.05) is 17.1 Å². The molecule has 0 aliphatic rings. The molecule has 5 heteroatoms. The average Bonchev–Trinajstić information content (AvgIpc) is 2.87. The Morgan fingerprint density at radius 1 is 1.17 bits per heavy atom. The first kappa shape index (κ1) is 10.5. The van der Waals surface area contributed by atoms with Gasteiger partial charge >= 0.3 is 5.69 Å². The average molecular weight is 240 g/mol. The minimum atomic E-state index is -0.450. The molecule has 0 fully saturated rings. The van der Waals surface area contributed by atoms with Gasteiger partial charge in [0.2, 0.25) is 5.76 Å². The highest BCUT2D eigenvalue weighted by Gasteiger charge is 2.20. The van der Waals surface area contributed by atoms with E-state index in [1.807, 2.05) is 24.3 Å². The van der Waals surface area contributed by atoms with Gasteiger partial charge in [-0.3, -0.25) is 15.1 Å². The zero-order valence-electron chi connectivity index (χ0n) is 9.24. The van der Waals surface area contributed by atoms with Crippen LogP contribution in [0.25, 0.3) is 22.2 Å². The van der Waals surface area contributed by atoms with E-state index in [1.165, 1.54) is 12.3 Å². The molecule has 0 radical (unpaired) electrons. The summed E-state index contributed by atoms with van der Waals surface area (Å²) in [4.78, 5) is 14.7. The summed E-state index contributed by atoms with van der Waals surface area (Å²) in [6.07, 6.45) is 2.94. The predicted octanol–water partition coefficient (Wildman–Crippen LogP) is 3.40. The quantitative estimate of drug-likeness (QED) is 0.508. The molecule has 2 aromatic heterocycles. The van der Waals surface area contributed by atoms with Crippen molar-refractivity contribution in [2.75, 3.05) is 0 Å². The smallest absolute Gasteiger partial charge is 0.315 e. The van der Waals surface area contributed by atoms with E-state index in [4.69, 9.17) is 4.42 Å². The number of hydrogen-bond acceptors (Lipinski definition) is 4. The highest BCUT2D eigenvalue weighted by Crippen LogP contribution is 2.34. The molecule has 0 aliphatic carbocycles. The zero-order chi connectivity index (χ0) is 12.5. The molecule has 1 aromatic carbocycles. The molecular weight excluding hydrogens is 232 g/mol. The molecule has 0 spiro atoms. The van der Waals surface area contributed by atoms with Crippen LogP contribution in [-0.2, 0) is 0 Å². The fraction of sp³-hybridized carbons (Fsp3) is 0. The number of fused-ring (bicyclic) bond motifs is 1. The van der Waals surface area contributed by atoms with Crippen LogP contribution in [-0.4, -0.2) is 9.91 Å².